The number of phenolic OH excluding ortho intramolecular Hbond substituents is 1. The predicted octanol–water partition coefficient (Wildman–Crippen LogP) is 5.52. The molecule has 1 N–H and O–H groups in total. The summed E-state index contributed by atoms with van der Waals surface area (Å²) in [7, 11) is 0. The molecule has 0 aliphatic carbocycles. The van der Waals surface area contributed by atoms with Crippen molar-refractivity contribution in [3.05, 3.63) is 41.5 Å². The summed E-state index contributed by atoms with van der Waals surface area (Å²) in [4.78, 5) is 17.4. The fourth-order valence-corrected chi connectivity index (χ4v) is 7.42. The number of benzene rings is 2. The van der Waals surface area contributed by atoms with Gasteiger partial charge in [0.25, 0.3) is 0 Å². The van der Waals surface area contributed by atoms with E-state index in [2.05, 4.69) is 20.9 Å². The zero-order valence-corrected chi connectivity index (χ0v) is 23.7. The van der Waals surface area contributed by atoms with Crippen LogP contribution in [0.5, 0.6) is 17.6 Å². The highest BCUT2D eigenvalue weighted by atomic mass is 19.1. The van der Waals surface area contributed by atoms with Crippen LogP contribution in [0.2, 0.25) is 0 Å². The van der Waals surface area contributed by atoms with E-state index in [0.29, 0.717) is 37.1 Å². The number of piperidine rings is 1. The van der Waals surface area contributed by atoms with E-state index >= 15 is 4.39 Å². The monoisotopic (exact) mass is 603 g/mol. The number of hydrogen-bond donors (Lipinski definition) is 1. The standard InChI is InChI=1S/C33H30F3N5O3/c1-2-22-24(35)8-7-18-12-21(42)13-23(25(18)22)28-27(36)29-26-30(41-11-4-3-6-20(41)16-43-31(26)37-28)39-32(38-29)44-17-33-9-5-10-40(33)15-19(34)14-33/h1,7-8,12-13,19-20,42H,3-6,9-11,14-17H2/t19-,20+,33+/m1/s1/i17D2. The molecule has 3 saturated heterocycles. The van der Waals surface area contributed by atoms with Crippen molar-refractivity contribution in [2.45, 2.75) is 56.3 Å². The van der Waals surface area contributed by atoms with Gasteiger partial charge in [0.15, 0.2) is 5.82 Å². The lowest BCUT2D eigenvalue weighted by atomic mass is 9.95. The average Bonchev–Trinajstić information content (AvgIpc) is 3.53. The number of ether oxygens (including phenoxy) is 2. The van der Waals surface area contributed by atoms with Crippen LogP contribution in [0.3, 0.4) is 0 Å². The van der Waals surface area contributed by atoms with Crippen molar-refractivity contribution in [3.8, 4) is 41.2 Å². The van der Waals surface area contributed by atoms with Gasteiger partial charge in [-0.2, -0.15) is 9.97 Å². The first-order valence-corrected chi connectivity index (χ1v) is 14.9. The van der Waals surface area contributed by atoms with Gasteiger partial charge in [0.05, 0.1) is 19.9 Å². The molecule has 226 valence electrons. The van der Waals surface area contributed by atoms with E-state index in [1.165, 1.54) is 24.3 Å². The van der Waals surface area contributed by atoms with Crippen molar-refractivity contribution in [2.75, 3.05) is 37.7 Å². The number of hydrogen-bond acceptors (Lipinski definition) is 8. The van der Waals surface area contributed by atoms with E-state index in [4.69, 9.17) is 18.6 Å². The highest BCUT2D eigenvalue weighted by Gasteiger charge is 2.49. The SMILES string of the molecule is [2H]C([2H])(Oc1nc2c3c(nc(-c4cc(O)cc5ccc(F)c(C#C)c45)c(F)c3n1)OC[C@@H]1CCCCN21)[C@@]12CCCN1C[C@H](F)C2. The average molecular weight is 604 g/mol. The molecular weight excluding hydrogens is 571 g/mol. The van der Waals surface area contributed by atoms with Crippen molar-refractivity contribution in [2.24, 2.45) is 0 Å². The molecule has 8 rings (SSSR count). The summed E-state index contributed by atoms with van der Waals surface area (Å²) in [6.45, 7) is -0.918. The number of aromatic hydroxyl groups is 1. The van der Waals surface area contributed by atoms with E-state index in [0.717, 1.165) is 19.3 Å². The van der Waals surface area contributed by atoms with Gasteiger partial charge >= 0.3 is 6.01 Å². The number of halogens is 3. The number of phenols is 1. The summed E-state index contributed by atoms with van der Waals surface area (Å²) in [5.74, 6) is 0.834. The van der Waals surface area contributed by atoms with Crippen molar-refractivity contribution in [3.63, 3.8) is 0 Å². The topological polar surface area (TPSA) is 83.8 Å². The Morgan fingerprint density at radius 2 is 2.05 bits per heavy atom. The maximum Gasteiger partial charge on any atom is 0.319 e. The molecule has 8 nitrogen and oxygen atoms in total. The Balaban J connectivity index is 1.36. The van der Waals surface area contributed by atoms with Gasteiger partial charge in [0.2, 0.25) is 5.88 Å². The summed E-state index contributed by atoms with van der Waals surface area (Å²) in [6, 6.07) is 4.74. The van der Waals surface area contributed by atoms with Crippen LogP contribution in [0, 0.1) is 24.0 Å². The van der Waals surface area contributed by atoms with Crippen LogP contribution in [0.15, 0.2) is 24.3 Å². The molecule has 0 spiro atoms. The number of rotatable bonds is 4. The molecule has 3 fully saturated rings. The Hall–Kier alpha value is -4.30. The second kappa shape index (κ2) is 10.1. The minimum absolute atomic E-state index is 0.0297. The molecule has 0 radical (unpaired) electrons. The molecule has 4 aliphatic rings. The molecule has 11 heteroatoms. The summed E-state index contributed by atoms with van der Waals surface area (Å²) in [6.07, 6.45) is 8.13. The number of terminal acetylenes is 1. The third kappa shape index (κ3) is 4.14. The van der Waals surface area contributed by atoms with Gasteiger partial charge in [-0.3, -0.25) is 4.90 Å². The minimum Gasteiger partial charge on any atom is -0.508 e. The van der Waals surface area contributed by atoms with Crippen LogP contribution in [0.4, 0.5) is 19.0 Å². The third-order valence-electron chi connectivity index (χ3n) is 9.41. The van der Waals surface area contributed by atoms with Crippen molar-refractivity contribution in [1.29, 1.82) is 0 Å². The third-order valence-corrected chi connectivity index (χ3v) is 9.41. The molecule has 44 heavy (non-hydrogen) atoms. The summed E-state index contributed by atoms with van der Waals surface area (Å²) in [5, 5.41) is 11.3. The first kappa shape index (κ1) is 25.1. The number of aromatic nitrogens is 3. The maximum absolute atomic E-state index is 16.9. The van der Waals surface area contributed by atoms with Gasteiger partial charge in [-0.1, -0.05) is 12.0 Å². The Labute approximate surface area is 254 Å². The number of alkyl halides is 1. The smallest absolute Gasteiger partial charge is 0.319 e. The highest BCUT2D eigenvalue weighted by molar-refractivity contribution is 6.04. The van der Waals surface area contributed by atoms with E-state index < -0.39 is 35.9 Å². The molecular formula is C33H30F3N5O3. The van der Waals surface area contributed by atoms with Crippen LogP contribution in [-0.4, -0.2) is 75.5 Å². The van der Waals surface area contributed by atoms with E-state index in [1.54, 1.807) is 4.90 Å². The van der Waals surface area contributed by atoms with E-state index in [-0.39, 0.29) is 70.4 Å². The zero-order valence-electron chi connectivity index (χ0n) is 25.7. The molecule has 6 heterocycles. The number of pyridine rings is 1. The summed E-state index contributed by atoms with van der Waals surface area (Å²) >= 11 is 0. The lowest BCUT2D eigenvalue weighted by Crippen LogP contribution is -2.44. The minimum atomic E-state index is -2.40. The Morgan fingerprint density at radius 1 is 1.16 bits per heavy atom. The van der Waals surface area contributed by atoms with Gasteiger partial charge in [-0.15, -0.1) is 6.42 Å². The number of anilines is 1. The van der Waals surface area contributed by atoms with Crippen molar-refractivity contribution < 1.29 is 30.5 Å². The molecule has 0 saturated carbocycles. The zero-order chi connectivity index (χ0) is 32.0. The largest absolute Gasteiger partial charge is 0.508 e. The predicted molar refractivity (Wildman–Crippen MR) is 159 cm³/mol. The first-order valence-electron chi connectivity index (χ1n) is 15.9. The fourth-order valence-electron chi connectivity index (χ4n) is 7.42. The maximum atomic E-state index is 16.9. The molecule has 0 bridgehead atoms. The molecule has 4 aliphatic heterocycles. The van der Waals surface area contributed by atoms with E-state index in [9.17, 15) is 13.9 Å². The lowest BCUT2D eigenvalue weighted by molar-refractivity contribution is 0.107. The molecule has 2 aromatic heterocycles. The number of fused-ring (bicyclic) bond motifs is 4. The second-order valence-corrected chi connectivity index (χ2v) is 12.0. The summed E-state index contributed by atoms with van der Waals surface area (Å²) in [5.41, 5.74) is -1.84. The number of nitrogens with zero attached hydrogens (tertiary/aromatic N) is 5. The van der Waals surface area contributed by atoms with E-state index in [1.807, 2.05) is 4.90 Å². The van der Waals surface area contributed by atoms with Gasteiger partial charge in [0.1, 0.15) is 53.3 Å². The van der Waals surface area contributed by atoms with Gasteiger partial charge in [-0.05, 0) is 62.2 Å². The molecule has 0 unspecified atom stereocenters. The highest BCUT2D eigenvalue weighted by Crippen LogP contribution is 2.45. The Kier molecular flexibility index (Phi) is 5.77. The van der Waals surface area contributed by atoms with Crippen LogP contribution in [0.1, 0.15) is 46.8 Å². The normalized spacial score (nSPS) is 25.5. The van der Waals surface area contributed by atoms with Gasteiger partial charge in [0, 0.05) is 30.5 Å². The van der Waals surface area contributed by atoms with Gasteiger partial charge in [-0.25, -0.2) is 18.2 Å². The van der Waals surface area contributed by atoms with Crippen LogP contribution in [0.25, 0.3) is 32.9 Å². The molecule has 4 aromatic rings. The van der Waals surface area contributed by atoms with Crippen LogP contribution < -0.4 is 14.4 Å². The summed E-state index contributed by atoms with van der Waals surface area (Å²) < 4.78 is 76.7. The fraction of sp³-hybridized carbons (Fsp3) is 0.424. The molecule has 0 amide bonds. The molecule has 3 atom stereocenters. The molecule has 2 aromatic carbocycles. The van der Waals surface area contributed by atoms with Crippen LogP contribution >= 0.6 is 0 Å². The Bertz CT molecular complexity index is 1970. The van der Waals surface area contributed by atoms with Crippen molar-refractivity contribution in [1.82, 2.24) is 19.9 Å². The van der Waals surface area contributed by atoms with Crippen molar-refractivity contribution >= 4 is 27.5 Å². The lowest BCUT2D eigenvalue weighted by Gasteiger charge is -2.35. The van der Waals surface area contributed by atoms with Gasteiger partial charge < -0.3 is 19.5 Å². The van der Waals surface area contributed by atoms with Crippen LogP contribution in [-0.2, 0) is 0 Å². The quantitative estimate of drug-likeness (QED) is 0.306. The Morgan fingerprint density at radius 3 is 2.91 bits per heavy atom. The first-order chi connectivity index (χ1) is 22.1. The second-order valence-electron chi connectivity index (χ2n) is 12.0.